The van der Waals surface area contributed by atoms with Crippen molar-refractivity contribution in [3.05, 3.63) is 29.6 Å². The van der Waals surface area contributed by atoms with Gasteiger partial charge in [-0.3, -0.25) is 0 Å². The van der Waals surface area contributed by atoms with Crippen molar-refractivity contribution in [2.45, 2.75) is 45.7 Å². The van der Waals surface area contributed by atoms with Crippen molar-refractivity contribution in [1.29, 1.82) is 0 Å². The highest BCUT2D eigenvalue weighted by atomic mass is 19.1. The molecule has 1 N–H and O–H groups in total. The zero-order valence-electron chi connectivity index (χ0n) is 11.9. The van der Waals surface area contributed by atoms with Gasteiger partial charge in [0.25, 0.3) is 0 Å². The Hall–Kier alpha value is -1.53. The third-order valence-electron chi connectivity index (χ3n) is 2.49. The minimum absolute atomic E-state index is 0.000132. The van der Waals surface area contributed by atoms with Gasteiger partial charge in [0.05, 0.1) is 6.61 Å². The van der Waals surface area contributed by atoms with Gasteiger partial charge in [-0.1, -0.05) is 0 Å². The predicted octanol–water partition coefficient (Wildman–Crippen LogP) is 3.51. The largest absolute Gasteiger partial charge is 0.493 e. The number of hydrogen-bond acceptors (Lipinski definition) is 2. The lowest BCUT2D eigenvalue weighted by Crippen LogP contribution is -2.35. The quantitative estimate of drug-likeness (QED) is 0.626. The maximum atomic E-state index is 13.5. The van der Waals surface area contributed by atoms with Crippen molar-refractivity contribution < 1.29 is 9.13 Å². The first kappa shape index (κ1) is 15.5. The maximum absolute atomic E-state index is 13.5. The van der Waals surface area contributed by atoms with Crippen LogP contribution in [0.5, 0.6) is 5.75 Å². The molecule has 0 saturated heterocycles. The molecule has 0 heterocycles. The van der Waals surface area contributed by atoms with E-state index in [1.165, 1.54) is 12.1 Å². The minimum Gasteiger partial charge on any atom is -0.493 e. The van der Waals surface area contributed by atoms with Crippen molar-refractivity contribution in [1.82, 2.24) is 5.32 Å². The first-order valence-corrected chi connectivity index (χ1v) is 6.51. The van der Waals surface area contributed by atoms with Crippen LogP contribution in [0.3, 0.4) is 0 Å². The first-order chi connectivity index (χ1) is 8.90. The van der Waals surface area contributed by atoms with Crippen LogP contribution in [0.15, 0.2) is 18.2 Å². The molecular weight excluding hydrogens is 241 g/mol. The van der Waals surface area contributed by atoms with Crippen LogP contribution < -0.4 is 10.1 Å². The van der Waals surface area contributed by atoms with Crippen molar-refractivity contribution in [2.24, 2.45) is 0 Å². The van der Waals surface area contributed by atoms with Crippen LogP contribution in [0.1, 0.15) is 39.2 Å². The Bertz CT molecular complexity index is 443. The van der Waals surface area contributed by atoms with E-state index in [4.69, 9.17) is 11.2 Å². The normalized spacial score (nSPS) is 11.1. The fourth-order valence-corrected chi connectivity index (χ4v) is 1.54. The average Bonchev–Trinajstić information content (AvgIpc) is 2.31. The fraction of sp³-hybridized carbons (Fsp3) is 0.500. The standard InChI is InChI=1S/C16H22FNO/c1-5-6-7-8-19-15-10-13(9-14(17)11-15)12-18-16(2,3)4/h1,9-11,18H,6-8,12H2,2-4H3. The number of unbranched alkanes of at least 4 members (excludes halogenated alkanes) is 1. The molecule has 2 nitrogen and oxygen atoms in total. The highest BCUT2D eigenvalue weighted by Crippen LogP contribution is 2.17. The molecule has 0 fully saturated rings. The van der Waals surface area contributed by atoms with Crippen LogP contribution in [0.25, 0.3) is 0 Å². The Morgan fingerprint density at radius 3 is 2.68 bits per heavy atom. The fourth-order valence-electron chi connectivity index (χ4n) is 1.54. The van der Waals surface area contributed by atoms with Gasteiger partial charge >= 0.3 is 0 Å². The summed E-state index contributed by atoms with van der Waals surface area (Å²) in [4.78, 5) is 0. The van der Waals surface area contributed by atoms with Gasteiger partial charge in [0.1, 0.15) is 11.6 Å². The molecule has 0 bridgehead atoms. The smallest absolute Gasteiger partial charge is 0.127 e. The van der Waals surface area contributed by atoms with Gasteiger partial charge < -0.3 is 10.1 Å². The number of ether oxygens (including phenoxy) is 1. The van der Waals surface area contributed by atoms with Crippen LogP contribution in [0.2, 0.25) is 0 Å². The van der Waals surface area contributed by atoms with Crippen LogP contribution in [0.4, 0.5) is 4.39 Å². The van der Waals surface area contributed by atoms with E-state index >= 15 is 0 Å². The summed E-state index contributed by atoms with van der Waals surface area (Å²) in [5.41, 5.74) is 0.877. The van der Waals surface area contributed by atoms with E-state index in [-0.39, 0.29) is 11.4 Å². The van der Waals surface area contributed by atoms with Crippen LogP contribution in [0, 0.1) is 18.2 Å². The molecule has 0 aliphatic carbocycles. The lowest BCUT2D eigenvalue weighted by molar-refractivity contribution is 0.310. The third kappa shape index (κ3) is 6.83. The summed E-state index contributed by atoms with van der Waals surface area (Å²) in [5.74, 6) is 2.83. The molecule has 0 aliphatic heterocycles. The van der Waals surface area contributed by atoms with Gasteiger partial charge in [-0.05, 0) is 44.9 Å². The summed E-state index contributed by atoms with van der Waals surface area (Å²) in [6.07, 6.45) is 6.62. The molecule has 0 spiro atoms. The van der Waals surface area contributed by atoms with E-state index in [0.29, 0.717) is 25.3 Å². The lowest BCUT2D eigenvalue weighted by Gasteiger charge is -2.20. The zero-order chi connectivity index (χ0) is 14.3. The molecule has 1 aromatic rings. The highest BCUT2D eigenvalue weighted by Gasteiger charge is 2.09. The summed E-state index contributed by atoms with van der Waals surface area (Å²) in [7, 11) is 0. The van der Waals surface area contributed by atoms with Crippen LogP contribution >= 0.6 is 0 Å². The van der Waals surface area contributed by atoms with E-state index in [0.717, 1.165) is 12.0 Å². The summed E-state index contributed by atoms with van der Waals surface area (Å²) in [6.45, 7) is 7.35. The van der Waals surface area contributed by atoms with E-state index < -0.39 is 0 Å². The number of halogens is 1. The molecule has 0 aromatic heterocycles. The summed E-state index contributed by atoms with van der Waals surface area (Å²) in [5, 5.41) is 3.32. The molecule has 3 heteroatoms. The number of terminal acetylenes is 1. The molecule has 1 aromatic carbocycles. The Morgan fingerprint density at radius 2 is 2.05 bits per heavy atom. The summed E-state index contributed by atoms with van der Waals surface area (Å²) >= 11 is 0. The summed E-state index contributed by atoms with van der Waals surface area (Å²) in [6, 6.07) is 4.78. The molecule has 0 atom stereocenters. The molecule has 0 amide bonds. The van der Waals surface area contributed by atoms with Gasteiger partial charge in [-0.2, -0.15) is 0 Å². The molecule has 19 heavy (non-hydrogen) atoms. The Labute approximate surface area is 115 Å². The number of hydrogen-bond donors (Lipinski definition) is 1. The van der Waals surface area contributed by atoms with Gasteiger partial charge in [-0.15, -0.1) is 12.3 Å². The molecule has 0 radical (unpaired) electrons. The van der Waals surface area contributed by atoms with Crippen molar-refractivity contribution >= 4 is 0 Å². The lowest BCUT2D eigenvalue weighted by atomic mass is 10.1. The number of benzene rings is 1. The number of rotatable bonds is 6. The Balaban J connectivity index is 2.59. The second-order valence-electron chi connectivity index (χ2n) is 5.55. The Morgan fingerprint density at radius 1 is 1.32 bits per heavy atom. The van der Waals surface area contributed by atoms with Crippen molar-refractivity contribution in [2.75, 3.05) is 6.61 Å². The minimum atomic E-state index is -0.278. The van der Waals surface area contributed by atoms with E-state index in [2.05, 4.69) is 32.0 Å². The van der Waals surface area contributed by atoms with Crippen LogP contribution in [-0.2, 0) is 6.54 Å². The SMILES string of the molecule is C#CCCCOc1cc(F)cc(CNC(C)(C)C)c1. The second-order valence-corrected chi connectivity index (χ2v) is 5.55. The highest BCUT2D eigenvalue weighted by molar-refractivity contribution is 5.29. The van der Waals surface area contributed by atoms with E-state index in [1.54, 1.807) is 0 Å². The van der Waals surface area contributed by atoms with E-state index in [1.807, 2.05) is 6.07 Å². The second kappa shape index (κ2) is 7.16. The predicted molar refractivity (Wildman–Crippen MR) is 76.6 cm³/mol. The number of nitrogens with one attached hydrogen (secondary N) is 1. The van der Waals surface area contributed by atoms with Crippen molar-refractivity contribution in [3.63, 3.8) is 0 Å². The molecule has 104 valence electrons. The third-order valence-corrected chi connectivity index (χ3v) is 2.49. The topological polar surface area (TPSA) is 21.3 Å². The molecule has 0 aliphatic rings. The van der Waals surface area contributed by atoms with Gasteiger partial charge in [0, 0.05) is 24.6 Å². The Kier molecular flexibility index (Phi) is 5.85. The summed E-state index contributed by atoms with van der Waals surface area (Å²) < 4.78 is 19.0. The van der Waals surface area contributed by atoms with Crippen molar-refractivity contribution in [3.8, 4) is 18.1 Å². The molecule has 0 unspecified atom stereocenters. The molecule has 1 rings (SSSR count). The average molecular weight is 263 g/mol. The van der Waals surface area contributed by atoms with Crippen LogP contribution in [-0.4, -0.2) is 12.1 Å². The monoisotopic (exact) mass is 263 g/mol. The molecular formula is C16H22FNO. The molecule has 0 saturated carbocycles. The van der Waals surface area contributed by atoms with Gasteiger partial charge in [0.2, 0.25) is 0 Å². The van der Waals surface area contributed by atoms with Gasteiger partial charge in [0.15, 0.2) is 0 Å². The first-order valence-electron chi connectivity index (χ1n) is 6.51. The zero-order valence-corrected chi connectivity index (χ0v) is 11.9. The van der Waals surface area contributed by atoms with Gasteiger partial charge in [-0.25, -0.2) is 4.39 Å². The maximum Gasteiger partial charge on any atom is 0.127 e. The van der Waals surface area contributed by atoms with E-state index in [9.17, 15) is 4.39 Å².